The van der Waals surface area contributed by atoms with Gasteiger partial charge in [0.2, 0.25) is 0 Å². The summed E-state index contributed by atoms with van der Waals surface area (Å²) in [6, 6.07) is 5.45. The average molecular weight is 276 g/mol. The second kappa shape index (κ2) is 7.32. The zero-order valence-electron chi connectivity index (χ0n) is 13.3. The highest BCUT2D eigenvalue weighted by Gasteiger charge is 2.19. The van der Waals surface area contributed by atoms with Gasteiger partial charge in [-0.15, -0.1) is 0 Å². The Morgan fingerprint density at radius 1 is 1.30 bits per heavy atom. The van der Waals surface area contributed by atoms with Crippen LogP contribution in [-0.2, 0) is 0 Å². The van der Waals surface area contributed by atoms with Crippen LogP contribution >= 0.6 is 0 Å². The Kier molecular flexibility index (Phi) is 6.05. The van der Waals surface area contributed by atoms with E-state index in [-0.39, 0.29) is 11.3 Å². The van der Waals surface area contributed by atoms with Gasteiger partial charge in [0.25, 0.3) is 5.91 Å². The third kappa shape index (κ3) is 5.24. The predicted octanol–water partition coefficient (Wildman–Crippen LogP) is 3.91. The number of carbonyl (C=O) groups excluding carboxylic acids is 1. The molecule has 0 bridgehead atoms. The number of rotatable bonds is 7. The van der Waals surface area contributed by atoms with Crippen molar-refractivity contribution in [3.63, 3.8) is 0 Å². The summed E-state index contributed by atoms with van der Waals surface area (Å²) < 4.78 is 0. The van der Waals surface area contributed by atoms with Crippen LogP contribution in [0, 0.1) is 12.3 Å². The number of anilines is 1. The fourth-order valence-electron chi connectivity index (χ4n) is 2.24. The molecule has 3 nitrogen and oxygen atoms in total. The number of amides is 1. The van der Waals surface area contributed by atoms with Gasteiger partial charge in [0, 0.05) is 17.8 Å². The molecule has 1 amide bonds. The molecule has 1 rings (SSSR count). The number of nitrogens with two attached hydrogens (primary N) is 1. The van der Waals surface area contributed by atoms with E-state index in [1.807, 2.05) is 19.1 Å². The predicted molar refractivity (Wildman–Crippen MR) is 85.8 cm³/mol. The molecule has 1 aromatic carbocycles. The van der Waals surface area contributed by atoms with Gasteiger partial charge in [0.1, 0.15) is 0 Å². The van der Waals surface area contributed by atoms with Crippen molar-refractivity contribution >= 4 is 11.6 Å². The average Bonchev–Trinajstić information content (AvgIpc) is 2.39. The smallest absolute Gasteiger partial charge is 0.251 e. The fourth-order valence-corrected chi connectivity index (χ4v) is 2.24. The van der Waals surface area contributed by atoms with Crippen LogP contribution in [-0.4, -0.2) is 12.5 Å². The number of nitrogens with one attached hydrogen (secondary N) is 1. The van der Waals surface area contributed by atoms with Gasteiger partial charge in [-0.3, -0.25) is 4.79 Å². The number of nitrogen functional groups attached to an aromatic ring is 1. The molecule has 0 atom stereocenters. The maximum atomic E-state index is 12.2. The summed E-state index contributed by atoms with van der Waals surface area (Å²) >= 11 is 0. The van der Waals surface area contributed by atoms with E-state index in [0.717, 1.165) is 12.0 Å². The fraction of sp³-hybridized carbons (Fsp3) is 0.588. The van der Waals surface area contributed by atoms with Crippen LogP contribution in [0.1, 0.15) is 62.4 Å². The van der Waals surface area contributed by atoms with E-state index in [4.69, 9.17) is 5.73 Å². The molecular formula is C17H28N2O. The Morgan fingerprint density at radius 2 is 2.00 bits per heavy atom. The van der Waals surface area contributed by atoms with Crippen molar-refractivity contribution < 1.29 is 4.79 Å². The molecule has 0 unspecified atom stereocenters. The monoisotopic (exact) mass is 276 g/mol. The SMILES string of the molecule is CCCCCC(C)(C)CNC(=O)c1cc(N)ccc1C. The number of benzene rings is 1. The summed E-state index contributed by atoms with van der Waals surface area (Å²) in [4.78, 5) is 12.2. The minimum absolute atomic E-state index is 0.0293. The number of hydrogen-bond acceptors (Lipinski definition) is 2. The Balaban J connectivity index is 2.56. The van der Waals surface area contributed by atoms with Crippen molar-refractivity contribution in [2.45, 2.75) is 53.4 Å². The van der Waals surface area contributed by atoms with Crippen LogP contribution in [0.2, 0.25) is 0 Å². The minimum Gasteiger partial charge on any atom is -0.399 e. The normalized spacial score (nSPS) is 11.4. The second-order valence-electron chi connectivity index (χ2n) is 6.38. The van der Waals surface area contributed by atoms with E-state index in [2.05, 4.69) is 26.1 Å². The first-order valence-corrected chi connectivity index (χ1v) is 7.50. The Morgan fingerprint density at radius 3 is 2.65 bits per heavy atom. The Labute approximate surface area is 122 Å². The lowest BCUT2D eigenvalue weighted by atomic mass is 9.87. The molecule has 0 spiro atoms. The maximum absolute atomic E-state index is 12.2. The first-order valence-electron chi connectivity index (χ1n) is 7.50. The van der Waals surface area contributed by atoms with Crippen LogP contribution in [0.25, 0.3) is 0 Å². The third-order valence-electron chi connectivity index (χ3n) is 3.69. The second-order valence-corrected chi connectivity index (χ2v) is 6.38. The molecule has 0 aliphatic heterocycles. The van der Waals surface area contributed by atoms with Gasteiger partial charge >= 0.3 is 0 Å². The highest BCUT2D eigenvalue weighted by molar-refractivity contribution is 5.96. The first kappa shape index (κ1) is 16.5. The van der Waals surface area contributed by atoms with Crippen molar-refractivity contribution in [3.05, 3.63) is 29.3 Å². The quantitative estimate of drug-likeness (QED) is 0.586. The zero-order valence-corrected chi connectivity index (χ0v) is 13.3. The van der Waals surface area contributed by atoms with Gasteiger partial charge in [0.15, 0.2) is 0 Å². The summed E-state index contributed by atoms with van der Waals surface area (Å²) in [6.07, 6.45) is 4.84. The molecule has 0 heterocycles. The summed E-state index contributed by atoms with van der Waals surface area (Å²) in [6.45, 7) is 9.24. The molecule has 0 radical (unpaired) electrons. The topological polar surface area (TPSA) is 55.1 Å². The number of hydrogen-bond donors (Lipinski definition) is 2. The highest BCUT2D eigenvalue weighted by Crippen LogP contribution is 2.23. The molecule has 0 aliphatic rings. The van der Waals surface area contributed by atoms with Crippen LogP contribution in [0.4, 0.5) is 5.69 Å². The van der Waals surface area contributed by atoms with Gasteiger partial charge < -0.3 is 11.1 Å². The first-order chi connectivity index (χ1) is 9.35. The van der Waals surface area contributed by atoms with Gasteiger partial charge in [-0.2, -0.15) is 0 Å². The lowest BCUT2D eigenvalue weighted by Crippen LogP contribution is -2.34. The van der Waals surface area contributed by atoms with Crippen molar-refractivity contribution in [2.24, 2.45) is 5.41 Å². The van der Waals surface area contributed by atoms with E-state index in [1.54, 1.807) is 6.07 Å². The molecule has 3 heteroatoms. The summed E-state index contributed by atoms with van der Waals surface area (Å²) in [5, 5.41) is 3.04. The van der Waals surface area contributed by atoms with Gasteiger partial charge in [-0.05, 0) is 36.5 Å². The Hall–Kier alpha value is -1.51. The number of unbranched alkanes of at least 4 members (excludes halogenated alkanes) is 2. The van der Waals surface area contributed by atoms with Crippen LogP contribution in [0.3, 0.4) is 0 Å². The van der Waals surface area contributed by atoms with Gasteiger partial charge in [0.05, 0.1) is 0 Å². The highest BCUT2D eigenvalue weighted by atomic mass is 16.1. The minimum atomic E-state index is -0.0293. The van der Waals surface area contributed by atoms with E-state index in [1.165, 1.54) is 19.3 Å². The number of aryl methyl sites for hydroxylation is 1. The lowest BCUT2D eigenvalue weighted by molar-refractivity contribution is 0.0933. The molecule has 0 saturated heterocycles. The van der Waals surface area contributed by atoms with Crippen molar-refractivity contribution in [1.29, 1.82) is 0 Å². The maximum Gasteiger partial charge on any atom is 0.251 e. The molecule has 0 fully saturated rings. The van der Waals surface area contributed by atoms with Crippen LogP contribution < -0.4 is 11.1 Å². The van der Waals surface area contributed by atoms with E-state index in [9.17, 15) is 4.79 Å². The van der Waals surface area contributed by atoms with Gasteiger partial charge in [-0.1, -0.05) is 46.1 Å². The molecule has 3 N–H and O–H groups in total. The molecule has 20 heavy (non-hydrogen) atoms. The largest absolute Gasteiger partial charge is 0.399 e. The molecule has 0 saturated carbocycles. The van der Waals surface area contributed by atoms with E-state index < -0.39 is 0 Å². The van der Waals surface area contributed by atoms with E-state index in [0.29, 0.717) is 17.8 Å². The summed E-state index contributed by atoms with van der Waals surface area (Å²) in [5.74, 6) is -0.0293. The van der Waals surface area contributed by atoms with Crippen LogP contribution in [0.15, 0.2) is 18.2 Å². The molecule has 112 valence electrons. The molecule has 1 aromatic rings. The Bertz CT molecular complexity index is 452. The molecule has 0 aliphatic carbocycles. The number of carbonyl (C=O) groups is 1. The van der Waals surface area contributed by atoms with Crippen LogP contribution in [0.5, 0.6) is 0 Å². The van der Waals surface area contributed by atoms with Gasteiger partial charge in [-0.25, -0.2) is 0 Å². The lowest BCUT2D eigenvalue weighted by Gasteiger charge is -2.25. The van der Waals surface area contributed by atoms with Crippen molar-refractivity contribution in [1.82, 2.24) is 5.32 Å². The third-order valence-corrected chi connectivity index (χ3v) is 3.69. The van der Waals surface area contributed by atoms with Crippen molar-refractivity contribution in [3.8, 4) is 0 Å². The zero-order chi connectivity index (χ0) is 15.2. The van der Waals surface area contributed by atoms with E-state index >= 15 is 0 Å². The van der Waals surface area contributed by atoms with Crippen molar-refractivity contribution in [2.75, 3.05) is 12.3 Å². The molecule has 0 aromatic heterocycles. The summed E-state index contributed by atoms with van der Waals surface area (Å²) in [7, 11) is 0. The molecular weight excluding hydrogens is 248 g/mol. The standard InChI is InChI=1S/C17H28N2O/c1-5-6-7-10-17(3,4)12-19-16(20)15-11-14(18)9-8-13(15)2/h8-9,11H,5-7,10,12,18H2,1-4H3,(H,19,20). The summed E-state index contributed by atoms with van der Waals surface area (Å²) in [5.41, 5.74) is 8.15.